The Morgan fingerprint density at radius 2 is 1.42 bits per heavy atom. The van der Waals surface area contributed by atoms with E-state index in [-0.39, 0.29) is 0 Å². The van der Waals surface area contributed by atoms with Gasteiger partial charge in [-0.2, -0.15) is 0 Å². The second-order valence-corrected chi connectivity index (χ2v) is 9.38. The van der Waals surface area contributed by atoms with Crippen molar-refractivity contribution < 1.29 is 4.42 Å². The summed E-state index contributed by atoms with van der Waals surface area (Å²) in [4.78, 5) is 0. The summed E-state index contributed by atoms with van der Waals surface area (Å²) in [6, 6.07) is 31.6. The second-order valence-electron chi connectivity index (χ2n) is 9.38. The monoisotopic (exact) mass is 467 g/mol. The zero-order chi connectivity index (χ0) is 24.1. The molecule has 0 aliphatic rings. The van der Waals surface area contributed by atoms with E-state index in [1.165, 1.54) is 17.4 Å². The van der Waals surface area contributed by atoms with E-state index in [1.807, 2.05) is 12.1 Å². The molecular weight excluding hydrogens is 442 g/mol. The quantitative estimate of drug-likeness (QED) is 0.255. The summed E-state index contributed by atoms with van der Waals surface area (Å²) in [6.45, 7) is 2.23. The van der Waals surface area contributed by atoms with Crippen LogP contribution in [0, 0.1) is 0 Å². The van der Waals surface area contributed by atoms with Crippen LogP contribution in [0.5, 0.6) is 0 Å². The third-order valence-electron chi connectivity index (χ3n) is 7.15. The number of aryl methyl sites for hydroxylation is 1. The smallest absolute Gasteiger partial charge is 0.168 e. The molecule has 174 valence electrons. The van der Waals surface area contributed by atoms with E-state index in [2.05, 4.69) is 107 Å². The van der Waals surface area contributed by atoms with E-state index >= 15 is 0 Å². The third kappa shape index (κ3) is 3.22. The van der Waals surface area contributed by atoms with E-state index in [9.17, 15) is 0 Å². The molecule has 4 nitrogen and oxygen atoms in total. The van der Waals surface area contributed by atoms with Gasteiger partial charge >= 0.3 is 0 Å². The number of para-hydroxylation sites is 2. The van der Waals surface area contributed by atoms with Crippen LogP contribution in [0.25, 0.3) is 60.9 Å². The van der Waals surface area contributed by atoms with Crippen LogP contribution in [0.3, 0.4) is 0 Å². The fourth-order valence-electron chi connectivity index (χ4n) is 5.32. The van der Waals surface area contributed by atoms with E-state index in [1.54, 1.807) is 0 Å². The van der Waals surface area contributed by atoms with Gasteiger partial charge in [0.25, 0.3) is 0 Å². The minimum atomic E-state index is 0.863. The van der Waals surface area contributed by atoms with Gasteiger partial charge in [-0.05, 0) is 35.4 Å². The van der Waals surface area contributed by atoms with E-state index < -0.39 is 0 Å². The van der Waals surface area contributed by atoms with Gasteiger partial charge in [0.1, 0.15) is 11.2 Å². The lowest BCUT2D eigenvalue weighted by atomic mass is 10.0. The first-order valence-corrected chi connectivity index (χ1v) is 12.6. The standard InChI is InChI=1S/C32H25N3O/c1-2-3-9-23-20-35-31(33-34-32(35)28-12-5-4-10-24(23)28)22-18-16-21(17-19-22)25-13-8-14-27-26-11-6-7-15-29(26)36-30(25)27/h4-8,10-20H,2-3,9H2,1H3. The first kappa shape index (κ1) is 20.9. The first-order valence-electron chi connectivity index (χ1n) is 12.6. The van der Waals surface area contributed by atoms with Crippen LogP contribution >= 0.6 is 0 Å². The number of pyridine rings is 1. The predicted molar refractivity (Wildman–Crippen MR) is 147 cm³/mol. The summed E-state index contributed by atoms with van der Waals surface area (Å²) in [7, 11) is 0. The Balaban J connectivity index is 1.34. The lowest BCUT2D eigenvalue weighted by molar-refractivity contribution is 0.670. The zero-order valence-electron chi connectivity index (χ0n) is 20.1. The van der Waals surface area contributed by atoms with Gasteiger partial charge in [0, 0.05) is 33.5 Å². The molecule has 0 N–H and O–H groups in total. The Hall–Kier alpha value is -4.44. The summed E-state index contributed by atoms with van der Waals surface area (Å²) < 4.78 is 8.41. The molecule has 0 radical (unpaired) electrons. The number of hydrogen-bond acceptors (Lipinski definition) is 3. The number of fused-ring (bicyclic) bond motifs is 6. The number of rotatable bonds is 5. The van der Waals surface area contributed by atoms with Gasteiger partial charge in [0.05, 0.1) is 0 Å². The Bertz CT molecular complexity index is 1880. The Morgan fingerprint density at radius 3 is 2.25 bits per heavy atom. The number of nitrogens with zero attached hydrogens (tertiary/aromatic N) is 3. The molecule has 0 saturated carbocycles. The van der Waals surface area contributed by atoms with Crippen molar-refractivity contribution in [3.63, 3.8) is 0 Å². The molecule has 0 aliphatic heterocycles. The molecule has 0 fully saturated rings. The molecule has 3 heterocycles. The maximum Gasteiger partial charge on any atom is 0.168 e. The fourth-order valence-corrected chi connectivity index (χ4v) is 5.32. The SMILES string of the molecule is CCCCc1cn2c(-c3ccc(-c4cccc5c4oc4ccccc45)cc3)nnc2c2ccccc12. The highest BCUT2D eigenvalue weighted by molar-refractivity contribution is 6.09. The second kappa shape index (κ2) is 8.35. The first-order chi connectivity index (χ1) is 17.8. The van der Waals surface area contributed by atoms with Crippen molar-refractivity contribution >= 4 is 38.4 Å². The summed E-state index contributed by atoms with van der Waals surface area (Å²) >= 11 is 0. The van der Waals surface area contributed by atoms with E-state index in [0.29, 0.717) is 0 Å². The minimum Gasteiger partial charge on any atom is -0.455 e. The van der Waals surface area contributed by atoms with Gasteiger partial charge in [0.2, 0.25) is 0 Å². The number of furan rings is 1. The lowest BCUT2D eigenvalue weighted by Gasteiger charge is -2.10. The van der Waals surface area contributed by atoms with Crippen LogP contribution in [0.4, 0.5) is 0 Å². The topological polar surface area (TPSA) is 43.3 Å². The van der Waals surface area contributed by atoms with Gasteiger partial charge < -0.3 is 4.42 Å². The van der Waals surface area contributed by atoms with Crippen molar-refractivity contribution in [3.8, 4) is 22.5 Å². The molecule has 36 heavy (non-hydrogen) atoms. The number of aromatic nitrogens is 3. The van der Waals surface area contributed by atoms with Gasteiger partial charge in [-0.1, -0.05) is 98.3 Å². The Kier molecular flexibility index (Phi) is 4.84. The van der Waals surface area contributed by atoms with Crippen LogP contribution in [-0.2, 0) is 6.42 Å². The summed E-state index contributed by atoms with van der Waals surface area (Å²) in [5.41, 5.74) is 7.33. The average Bonchev–Trinajstić information content (AvgIpc) is 3.53. The fraction of sp³-hybridized carbons (Fsp3) is 0.125. The minimum absolute atomic E-state index is 0.863. The van der Waals surface area contributed by atoms with Crippen LogP contribution in [0.15, 0.2) is 102 Å². The normalized spacial score (nSPS) is 11.8. The average molecular weight is 468 g/mol. The van der Waals surface area contributed by atoms with Gasteiger partial charge in [-0.25, -0.2) is 0 Å². The summed E-state index contributed by atoms with van der Waals surface area (Å²) in [6.07, 6.45) is 5.60. The van der Waals surface area contributed by atoms with E-state index in [4.69, 9.17) is 4.42 Å². The Labute approximate surface area is 208 Å². The maximum absolute atomic E-state index is 6.26. The molecule has 0 atom stereocenters. The number of hydrogen-bond donors (Lipinski definition) is 0. The van der Waals surface area contributed by atoms with Gasteiger partial charge in [-0.3, -0.25) is 4.40 Å². The highest BCUT2D eigenvalue weighted by Gasteiger charge is 2.15. The molecule has 4 heteroatoms. The highest BCUT2D eigenvalue weighted by atomic mass is 16.3. The third-order valence-corrected chi connectivity index (χ3v) is 7.15. The van der Waals surface area contributed by atoms with E-state index in [0.717, 1.165) is 68.3 Å². The van der Waals surface area contributed by atoms with Crippen molar-refractivity contribution in [2.75, 3.05) is 0 Å². The summed E-state index contributed by atoms with van der Waals surface area (Å²) in [5, 5.41) is 13.9. The van der Waals surface area contributed by atoms with Crippen LogP contribution in [0.1, 0.15) is 25.3 Å². The van der Waals surface area contributed by atoms with Gasteiger partial charge in [0.15, 0.2) is 11.5 Å². The molecule has 4 aromatic carbocycles. The highest BCUT2D eigenvalue weighted by Crippen LogP contribution is 2.36. The van der Waals surface area contributed by atoms with Crippen molar-refractivity contribution in [1.29, 1.82) is 0 Å². The number of benzene rings is 4. The Morgan fingerprint density at radius 1 is 0.694 bits per heavy atom. The molecule has 0 bridgehead atoms. The molecule has 0 spiro atoms. The van der Waals surface area contributed by atoms with Crippen LogP contribution < -0.4 is 0 Å². The van der Waals surface area contributed by atoms with Crippen molar-refractivity contribution in [2.45, 2.75) is 26.2 Å². The van der Waals surface area contributed by atoms with Crippen LogP contribution in [0.2, 0.25) is 0 Å². The summed E-state index contributed by atoms with van der Waals surface area (Å²) in [5.74, 6) is 0.863. The van der Waals surface area contributed by atoms with Gasteiger partial charge in [-0.15, -0.1) is 10.2 Å². The predicted octanol–water partition coefficient (Wildman–Crippen LogP) is 8.46. The molecule has 0 amide bonds. The lowest BCUT2D eigenvalue weighted by Crippen LogP contribution is -1.96. The maximum atomic E-state index is 6.26. The number of unbranched alkanes of at least 4 members (excludes halogenated alkanes) is 1. The molecule has 0 aliphatic carbocycles. The van der Waals surface area contributed by atoms with Crippen molar-refractivity contribution in [2.24, 2.45) is 0 Å². The van der Waals surface area contributed by atoms with Crippen LogP contribution in [-0.4, -0.2) is 14.6 Å². The molecule has 0 saturated heterocycles. The molecule has 7 aromatic rings. The largest absolute Gasteiger partial charge is 0.455 e. The zero-order valence-corrected chi connectivity index (χ0v) is 20.1. The molecule has 7 rings (SSSR count). The van der Waals surface area contributed by atoms with Crippen molar-refractivity contribution in [1.82, 2.24) is 14.6 Å². The molecular formula is C32H25N3O. The molecule has 0 unspecified atom stereocenters. The van der Waals surface area contributed by atoms with Crippen molar-refractivity contribution in [3.05, 3.63) is 103 Å². The molecule has 3 aromatic heterocycles.